The number of hydrogen-bond donors (Lipinski definition) is 1. The molecule has 0 aliphatic carbocycles. The van der Waals surface area contributed by atoms with Gasteiger partial charge in [0.05, 0.1) is 38.4 Å². The van der Waals surface area contributed by atoms with Gasteiger partial charge in [-0.25, -0.2) is 0 Å². The first-order valence-corrected chi connectivity index (χ1v) is 6.97. The van der Waals surface area contributed by atoms with Gasteiger partial charge in [-0.05, 0) is 32.9 Å². The van der Waals surface area contributed by atoms with E-state index in [1.807, 2.05) is 11.8 Å². The summed E-state index contributed by atoms with van der Waals surface area (Å²) in [7, 11) is 0. The van der Waals surface area contributed by atoms with Crippen molar-refractivity contribution in [3.8, 4) is 0 Å². The molecule has 104 valence electrons. The fourth-order valence-corrected chi connectivity index (χ4v) is 2.52. The minimum atomic E-state index is 0.194. The van der Waals surface area contributed by atoms with E-state index in [9.17, 15) is 4.79 Å². The quantitative estimate of drug-likeness (QED) is 0.790. The number of ether oxygens (including phenoxy) is 2. The Morgan fingerprint density at radius 1 is 1.44 bits per heavy atom. The average molecular weight is 256 g/mol. The summed E-state index contributed by atoms with van der Waals surface area (Å²) in [6, 6.07) is 0.199. The number of morpholine rings is 1. The van der Waals surface area contributed by atoms with Crippen LogP contribution in [0.2, 0.25) is 0 Å². The Kier molecular flexibility index (Phi) is 5.41. The first-order valence-electron chi connectivity index (χ1n) is 6.97. The lowest BCUT2D eigenvalue weighted by atomic mass is 10.1. The highest BCUT2D eigenvalue weighted by Gasteiger charge is 2.23. The van der Waals surface area contributed by atoms with Gasteiger partial charge in [0.25, 0.3) is 0 Å². The van der Waals surface area contributed by atoms with Crippen molar-refractivity contribution < 1.29 is 14.3 Å². The molecule has 0 aromatic heterocycles. The topological polar surface area (TPSA) is 50.8 Å². The molecule has 1 N–H and O–H groups in total. The summed E-state index contributed by atoms with van der Waals surface area (Å²) in [6.45, 7) is 6.66. The van der Waals surface area contributed by atoms with Crippen LogP contribution in [0.3, 0.4) is 0 Å². The fourth-order valence-electron chi connectivity index (χ4n) is 2.52. The highest BCUT2D eigenvalue weighted by atomic mass is 16.5. The highest BCUT2D eigenvalue weighted by Crippen LogP contribution is 2.10. The lowest BCUT2D eigenvalue weighted by Gasteiger charge is -2.33. The van der Waals surface area contributed by atoms with Crippen molar-refractivity contribution in [3.05, 3.63) is 0 Å². The zero-order valence-electron chi connectivity index (χ0n) is 11.2. The number of carbonyl (C=O) groups excluding carboxylic acids is 1. The predicted octanol–water partition coefficient (Wildman–Crippen LogP) is 0.392. The highest BCUT2D eigenvalue weighted by molar-refractivity contribution is 5.76. The first kappa shape index (κ1) is 13.8. The Bertz CT molecular complexity index is 267. The van der Waals surface area contributed by atoms with E-state index in [0.29, 0.717) is 38.9 Å². The second-order valence-electron chi connectivity index (χ2n) is 5.08. The number of hydrogen-bond acceptors (Lipinski definition) is 4. The van der Waals surface area contributed by atoms with Crippen molar-refractivity contribution in [3.63, 3.8) is 0 Å². The molecule has 2 aliphatic rings. The summed E-state index contributed by atoms with van der Waals surface area (Å²) >= 11 is 0. The van der Waals surface area contributed by atoms with Crippen LogP contribution in [0.25, 0.3) is 0 Å². The number of piperidine rings is 1. The Balaban J connectivity index is 1.64. The summed E-state index contributed by atoms with van der Waals surface area (Å²) in [5, 5.41) is 3.30. The minimum Gasteiger partial charge on any atom is -0.378 e. The standard InChI is InChI=1S/C13H24N2O3/c1-11-10-17-9-7-15(11)13(16)4-8-18-12-2-5-14-6-3-12/h11-12,14H,2-10H2,1H3/t11-/m1/s1. The van der Waals surface area contributed by atoms with E-state index < -0.39 is 0 Å². The molecule has 18 heavy (non-hydrogen) atoms. The molecular formula is C13H24N2O3. The van der Waals surface area contributed by atoms with Crippen LogP contribution >= 0.6 is 0 Å². The van der Waals surface area contributed by atoms with Gasteiger partial charge in [0.2, 0.25) is 5.91 Å². The van der Waals surface area contributed by atoms with Crippen LogP contribution in [0.15, 0.2) is 0 Å². The minimum absolute atomic E-state index is 0.194. The molecule has 2 heterocycles. The number of rotatable bonds is 4. The molecule has 1 atom stereocenters. The number of nitrogens with zero attached hydrogens (tertiary/aromatic N) is 1. The number of carbonyl (C=O) groups is 1. The van der Waals surface area contributed by atoms with Crippen LogP contribution < -0.4 is 5.32 Å². The third-order valence-electron chi connectivity index (χ3n) is 3.64. The smallest absolute Gasteiger partial charge is 0.225 e. The molecule has 2 aliphatic heterocycles. The molecule has 0 bridgehead atoms. The van der Waals surface area contributed by atoms with Crippen LogP contribution in [-0.2, 0) is 14.3 Å². The Hall–Kier alpha value is -0.650. The predicted molar refractivity (Wildman–Crippen MR) is 68.5 cm³/mol. The maximum absolute atomic E-state index is 12.0. The summed E-state index contributed by atoms with van der Waals surface area (Å²) in [5.74, 6) is 0.194. The average Bonchev–Trinajstić information content (AvgIpc) is 2.40. The molecule has 5 heteroatoms. The molecule has 0 aromatic rings. The summed E-state index contributed by atoms with van der Waals surface area (Å²) < 4.78 is 11.1. The molecule has 0 spiro atoms. The van der Waals surface area contributed by atoms with Gasteiger partial charge in [0.15, 0.2) is 0 Å². The third-order valence-corrected chi connectivity index (χ3v) is 3.64. The summed E-state index contributed by atoms with van der Waals surface area (Å²) in [5.41, 5.74) is 0. The Labute approximate surface area is 109 Å². The largest absolute Gasteiger partial charge is 0.378 e. The molecule has 2 saturated heterocycles. The van der Waals surface area contributed by atoms with Gasteiger partial charge in [0.1, 0.15) is 0 Å². The van der Waals surface area contributed by atoms with E-state index in [1.54, 1.807) is 0 Å². The van der Waals surface area contributed by atoms with E-state index in [1.165, 1.54) is 0 Å². The van der Waals surface area contributed by atoms with Gasteiger partial charge in [-0.15, -0.1) is 0 Å². The van der Waals surface area contributed by atoms with Gasteiger partial charge >= 0.3 is 0 Å². The molecule has 0 radical (unpaired) electrons. The zero-order valence-corrected chi connectivity index (χ0v) is 11.2. The van der Waals surface area contributed by atoms with Gasteiger partial charge in [-0.3, -0.25) is 4.79 Å². The van der Waals surface area contributed by atoms with E-state index in [2.05, 4.69) is 5.32 Å². The van der Waals surface area contributed by atoms with Crippen LogP contribution in [0.5, 0.6) is 0 Å². The molecule has 0 unspecified atom stereocenters. The van der Waals surface area contributed by atoms with Crippen molar-refractivity contribution in [1.29, 1.82) is 0 Å². The number of nitrogens with one attached hydrogen (secondary N) is 1. The van der Waals surface area contributed by atoms with Crippen LogP contribution in [0.1, 0.15) is 26.2 Å². The number of amides is 1. The van der Waals surface area contributed by atoms with Gasteiger partial charge < -0.3 is 19.7 Å². The van der Waals surface area contributed by atoms with Crippen LogP contribution in [0, 0.1) is 0 Å². The molecule has 1 amide bonds. The van der Waals surface area contributed by atoms with E-state index in [-0.39, 0.29) is 11.9 Å². The van der Waals surface area contributed by atoms with E-state index in [4.69, 9.17) is 9.47 Å². The molecule has 0 aromatic carbocycles. The van der Waals surface area contributed by atoms with Gasteiger partial charge in [0, 0.05) is 6.54 Å². The summed E-state index contributed by atoms with van der Waals surface area (Å²) in [4.78, 5) is 13.9. The summed E-state index contributed by atoms with van der Waals surface area (Å²) in [6.07, 6.45) is 2.94. The molecular weight excluding hydrogens is 232 g/mol. The molecule has 2 fully saturated rings. The second kappa shape index (κ2) is 7.07. The van der Waals surface area contributed by atoms with Gasteiger partial charge in [-0.2, -0.15) is 0 Å². The van der Waals surface area contributed by atoms with Crippen LogP contribution in [0.4, 0.5) is 0 Å². The zero-order chi connectivity index (χ0) is 12.8. The van der Waals surface area contributed by atoms with Crippen molar-refractivity contribution >= 4 is 5.91 Å². The Morgan fingerprint density at radius 2 is 2.22 bits per heavy atom. The first-order chi connectivity index (χ1) is 8.77. The maximum Gasteiger partial charge on any atom is 0.225 e. The van der Waals surface area contributed by atoms with Crippen molar-refractivity contribution in [2.75, 3.05) is 39.5 Å². The maximum atomic E-state index is 12.0. The SMILES string of the molecule is C[C@@H]1COCCN1C(=O)CCOC1CCNCC1. The van der Waals surface area contributed by atoms with E-state index in [0.717, 1.165) is 25.9 Å². The Morgan fingerprint density at radius 3 is 2.94 bits per heavy atom. The van der Waals surface area contributed by atoms with Crippen molar-refractivity contribution in [1.82, 2.24) is 10.2 Å². The monoisotopic (exact) mass is 256 g/mol. The molecule has 0 saturated carbocycles. The third kappa shape index (κ3) is 3.93. The van der Waals surface area contributed by atoms with Gasteiger partial charge in [-0.1, -0.05) is 0 Å². The lowest BCUT2D eigenvalue weighted by molar-refractivity contribution is -0.140. The van der Waals surface area contributed by atoms with Crippen molar-refractivity contribution in [2.45, 2.75) is 38.3 Å². The fraction of sp³-hybridized carbons (Fsp3) is 0.923. The molecule has 2 rings (SSSR count). The van der Waals surface area contributed by atoms with Crippen molar-refractivity contribution in [2.24, 2.45) is 0 Å². The van der Waals surface area contributed by atoms with E-state index >= 15 is 0 Å². The second-order valence-corrected chi connectivity index (χ2v) is 5.08. The molecule has 5 nitrogen and oxygen atoms in total. The van der Waals surface area contributed by atoms with Crippen LogP contribution in [-0.4, -0.2) is 62.4 Å². The lowest BCUT2D eigenvalue weighted by Crippen LogP contribution is -2.47. The normalized spacial score (nSPS) is 26.3.